The lowest BCUT2D eigenvalue weighted by Gasteiger charge is -2.59. The number of aromatic nitrogens is 3. The number of hydrogen-bond donors (Lipinski definition) is 3. The second-order valence-corrected chi connectivity index (χ2v) is 10.3. The number of nitrogens with two attached hydrogens (primary N) is 1. The first-order valence-electron chi connectivity index (χ1n) is 10.7. The molecular weight excluding hydrogens is 402 g/mol. The minimum atomic E-state index is -0.973. The first-order chi connectivity index (χ1) is 14.2. The van der Waals surface area contributed by atoms with Gasteiger partial charge >= 0.3 is 0 Å². The highest BCUT2D eigenvalue weighted by molar-refractivity contribution is 6.30. The van der Waals surface area contributed by atoms with Crippen LogP contribution in [0.1, 0.15) is 51.8 Å². The fraction of sp³-hybridized carbons (Fsp3) is 0.591. The summed E-state index contributed by atoms with van der Waals surface area (Å²) in [7, 11) is 0. The van der Waals surface area contributed by atoms with Gasteiger partial charge in [-0.2, -0.15) is 4.98 Å². The standard InChI is InChI=1S/C22H28ClN5O2/c1-21(2,30-16-5-3-15(23)4-6-16)19(29)25-17-13-7-12-8-14(17)11-22(9-12,10-13)18-26-20(24)28-27-18/h3-6,12-14,17H,7-11H2,1-2H3,(H,25,29)(H3,24,26,27,28)/t12?,13-,14?,17?,22?/m0/s1. The predicted octanol–water partition coefficient (Wildman–Crippen LogP) is 3.46. The predicted molar refractivity (Wildman–Crippen MR) is 114 cm³/mol. The maximum absolute atomic E-state index is 13.2. The molecule has 4 unspecified atom stereocenters. The quantitative estimate of drug-likeness (QED) is 0.674. The summed E-state index contributed by atoms with van der Waals surface area (Å²) in [5.41, 5.74) is 4.83. The molecule has 4 bridgehead atoms. The van der Waals surface area contributed by atoms with Gasteiger partial charge in [-0.25, -0.2) is 0 Å². The molecule has 0 aliphatic heterocycles. The van der Waals surface area contributed by atoms with E-state index in [1.54, 1.807) is 24.3 Å². The molecule has 0 radical (unpaired) electrons. The van der Waals surface area contributed by atoms with Crippen molar-refractivity contribution in [3.8, 4) is 5.75 Å². The van der Waals surface area contributed by atoms with Gasteiger partial charge in [0.05, 0.1) is 0 Å². The average Bonchev–Trinajstić information content (AvgIpc) is 3.13. The molecule has 8 heteroatoms. The number of rotatable bonds is 5. The minimum Gasteiger partial charge on any atom is -0.478 e. The van der Waals surface area contributed by atoms with Crippen LogP contribution in [0.15, 0.2) is 24.3 Å². The average molecular weight is 430 g/mol. The molecular formula is C22H28ClN5O2. The van der Waals surface area contributed by atoms with Crippen molar-refractivity contribution < 1.29 is 9.53 Å². The van der Waals surface area contributed by atoms with Crippen molar-refractivity contribution in [2.24, 2.45) is 17.8 Å². The summed E-state index contributed by atoms with van der Waals surface area (Å²) in [4.78, 5) is 17.6. The number of halogens is 1. The van der Waals surface area contributed by atoms with E-state index in [1.807, 2.05) is 13.8 Å². The van der Waals surface area contributed by atoms with Crippen molar-refractivity contribution >= 4 is 23.5 Å². The molecule has 1 aromatic carbocycles. The number of carbonyl (C=O) groups excluding carboxylic acids is 1. The Morgan fingerprint density at radius 2 is 1.90 bits per heavy atom. The largest absolute Gasteiger partial charge is 0.478 e. The highest BCUT2D eigenvalue weighted by atomic mass is 35.5. The number of nitrogen functional groups attached to an aromatic ring is 1. The maximum Gasteiger partial charge on any atom is 0.263 e. The second kappa shape index (κ2) is 6.87. The van der Waals surface area contributed by atoms with E-state index in [-0.39, 0.29) is 17.4 Å². The molecule has 4 N–H and O–H groups in total. The third kappa shape index (κ3) is 3.33. The van der Waals surface area contributed by atoms with Crippen molar-refractivity contribution in [2.45, 2.75) is 63.0 Å². The van der Waals surface area contributed by atoms with E-state index in [0.717, 1.165) is 37.9 Å². The van der Waals surface area contributed by atoms with Crippen LogP contribution in [0.4, 0.5) is 5.95 Å². The molecule has 2 aromatic rings. The Bertz CT molecular complexity index is 941. The molecule has 7 nitrogen and oxygen atoms in total. The smallest absolute Gasteiger partial charge is 0.263 e. The number of benzene rings is 1. The second-order valence-electron chi connectivity index (χ2n) is 9.86. The van der Waals surface area contributed by atoms with E-state index < -0.39 is 5.60 Å². The molecule has 30 heavy (non-hydrogen) atoms. The molecule has 4 saturated carbocycles. The van der Waals surface area contributed by atoms with Gasteiger partial charge in [0.15, 0.2) is 5.60 Å². The lowest BCUT2D eigenvalue weighted by molar-refractivity contribution is -0.138. The zero-order valence-electron chi connectivity index (χ0n) is 17.3. The van der Waals surface area contributed by atoms with Crippen LogP contribution >= 0.6 is 11.6 Å². The van der Waals surface area contributed by atoms with Crippen molar-refractivity contribution in [1.29, 1.82) is 0 Å². The van der Waals surface area contributed by atoms with Gasteiger partial charge in [-0.3, -0.25) is 9.89 Å². The van der Waals surface area contributed by atoms with Gasteiger partial charge in [-0.05, 0) is 88.0 Å². The molecule has 6 rings (SSSR count). The van der Waals surface area contributed by atoms with Crippen LogP contribution < -0.4 is 15.8 Å². The molecule has 4 fully saturated rings. The van der Waals surface area contributed by atoms with Gasteiger partial charge in [-0.15, -0.1) is 5.10 Å². The van der Waals surface area contributed by atoms with E-state index in [4.69, 9.17) is 22.1 Å². The molecule has 1 heterocycles. The highest BCUT2D eigenvalue weighted by Crippen LogP contribution is 2.60. The fourth-order valence-electron chi connectivity index (χ4n) is 6.23. The number of H-pyrrole nitrogens is 1. The van der Waals surface area contributed by atoms with Crippen LogP contribution in [-0.2, 0) is 10.2 Å². The summed E-state index contributed by atoms with van der Waals surface area (Å²) in [5, 5.41) is 11.1. The number of aromatic amines is 1. The molecule has 4 aliphatic carbocycles. The summed E-state index contributed by atoms with van der Waals surface area (Å²) in [5.74, 6) is 3.36. The fourth-order valence-corrected chi connectivity index (χ4v) is 6.36. The van der Waals surface area contributed by atoms with Gasteiger partial charge in [0.25, 0.3) is 5.91 Å². The first kappa shape index (κ1) is 19.7. The Balaban J connectivity index is 1.30. The monoisotopic (exact) mass is 429 g/mol. The molecule has 5 atom stereocenters. The van der Waals surface area contributed by atoms with Crippen LogP contribution in [0.3, 0.4) is 0 Å². The van der Waals surface area contributed by atoms with Crippen molar-refractivity contribution in [3.63, 3.8) is 0 Å². The highest BCUT2D eigenvalue weighted by Gasteiger charge is 2.58. The van der Waals surface area contributed by atoms with Gasteiger partial charge < -0.3 is 15.8 Å². The maximum atomic E-state index is 13.2. The summed E-state index contributed by atoms with van der Waals surface area (Å²) in [6, 6.07) is 7.27. The van der Waals surface area contributed by atoms with Crippen LogP contribution in [0.25, 0.3) is 0 Å². The zero-order chi connectivity index (χ0) is 21.1. The van der Waals surface area contributed by atoms with Gasteiger partial charge in [-0.1, -0.05) is 11.6 Å². The topological polar surface area (TPSA) is 106 Å². The summed E-state index contributed by atoms with van der Waals surface area (Å²) < 4.78 is 6.00. The van der Waals surface area contributed by atoms with E-state index in [2.05, 4.69) is 20.5 Å². The lowest BCUT2D eigenvalue weighted by atomic mass is 9.47. The molecule has 160 valence electrons. The van der Waals surface area contributed by atoms with Crippen LogP contribution in [0.2, 0.25) is 5.02 Å². The van der Waals surface area contributed by atoms with Gasteiger partial charge in [0.1, 0.15) is 11.6 Å². The van der Waals surface area contributed by atoms with Gasteiger partial charge in [0.2, 0.25) is 5.95 Å². The van der Waals surface area contributed by atoms with E-state index >= 15 is 0 Å². The molecule has 0 saturated heterocycles. The number of nitrogens with one attached hydrogen (secondary N) is 2. The molecule has 1 amide bonds. The van der Waals surface area contributed by atoms with Crippen LogP contribution in [0, 0.1) is 17.8 Å². The minimum absolute atomic E-state index is 0.0255. The van der Waals surface area contributed by atoms with Crippen molar-refractivity contribution in [3.05, 3.63) is 35.1 Å². The number of anilines is 1. The SMILES string of the molecule is CC(C)(Oc1ccc(Cl)cc1)C(=O)NC1C2CC3C[C@H]1CC(c1nc(N)n[nH]1)(C3)C2. The van der Waals surface area contributed by atoms with E-state index in [0.29, 0.717) is 34.5 Å². The Hall–Kier alpha value is -2.28. The Morgan fingerprint density at radius 1 is 1.23 bits per heavy atom. The zero-order valence-corrected chi connectivity index (χ0v) is 18.1. The normalized spacial score (nSPS) is 32.2. The summed E-state index contributed by atoms with van der Waals surface area (Å²) in [6.45, 7) is 3.62. The van der Waals surface area contributed by atoms with Crippen molar-refractivity contribution in [1.82, 2.24) is 20.5 Å². The van der Waals surface area contributed by atoms with Crippen molar-refractivity contribution in [2.75, 3.05) is 5.73 Å². The molecule has 1 aromatic heterocycles. The van der Waals surface area contributed by atoms with E-state index in [1.165, 1.54) is 0 Å². The number of carbonyl (C=O) groups is 1. The van der Waals surface area contributed by atoms with Crippen LogP contribution in [-0.4, -0.2) is 32.7 Å². The number of nitrogens with zero attached hydrogens (tertiary/aromatic N) is 2. The summed E-state index contributed by atoms with van der Waals surface area (Å²) in [6.07, 6.45) is 5.48. The molecule has 0 spiro atoms. The lowest BCUT2D eigenvalue weighted by Crippen LogP contribution is -2.63. The van der Waals surface area contributed by atoms with Crippen LogP contribution in [0.5, 0.6) is 5.75 Å². The summed E-state index contributed by atoms with van der Waals surface area (Å²) >= 11 is 5.95. The number of amides is 1. The third-order valence-electron chi connectivity index (χ3n) is 7.31. The number of hydrogen-bond acceptors (Lipinski definition) is 5. The Kier molecular flexibility index (Phi) is 4.51. The first-order valence-corrected chi connectivity index (χ1v) is 11.1. The Labute approximate surface area is 181 Å². The number of ether oxygens (including phenoxy) is 1. The van der Waals surface area contributed by atoms with Gasteiger partial charge in [0, 0.05) is 16.5 Å². The van der Waals surface area contributed by atoms with E-state index in [9.17, 15) is 4.79 Å². The third-order valence-corrected chi connectivity index (χ3v) is 7.56. The molecule has 4 aliphatic rings. The Morgan fingerprint density at radius 3 is 2.50 bits per heavy atom.